The molecule has 3 heterocycles. The van der Waals surface area contributed by atoms with Crippen molar-refractivity contribution in [1.82, 2.24) is 4.98 Å². The number of nitrogens with zero attached hydrogens (tertiary/aromatic N) is 2. The maximum Gasteiger partial charge on any atom is 0.301 e. The second kappa shape index (κ2) is 6.93. The number of morpholine rings is 1. The summed E-state index contributed by atoms with van der Waals surface area (Å²) in [5.74, 6) is 0. The highest BCUT2D eigenvalue weighted by Gasteiger charge is 2.20. The molecule has 0 spiro atoms. The van der Waals surface area contributed by atoms with E-state index >= 15 is 0 Å². The summed E-state index contributed by atoms with van der Waals surface area (Å²) in [4.78, 5) is 19.0. The number of fused-ring (bicyclic) bond motifs is 4. The number of hydrogen-bond acceptors (Lipinski definition) is 6. The van der Waals surface area contributed by atoms with Crippen molar-refractivity contribution in [3.05, 3.63) is 71.0 Å². The number of para-hydroxylation sites is 1. The van der Waals surface area contributed by atoms with Gasteiger partial charge in [-0.3, -0.25) is 4.79 Å². The second-order valence-electron chi connectivity index (χ2n) is 7.36. The molecule has 1 fully saturated rings. The number of anilines is 1. The summed E-state index contributed by atoms with van der Waals surface area (Å²) in [6, 6.07) is 20.8. The van der Waals surface area contributed by atoms with Crippen LogP contribution in [0.15, 0.2) is 69.9 Å². The first-order valence-electron chi connectivity index (χ1n) is 9.97. The minimum absolute atomic E-state index is 0.261. The lowest BCUT2D eigenvalue weighted by atomic mass is 10.0. The van der Waals surface area contributed by atoms with E-state index in [9.17, 15) is 4.79 Å². The van der Waals surface area contributed by atoms with Gasteiger partial charge in [0.2, 0.25) is 0 Å². The molecule has 1 aliphatic rings. The quantitative estimate of drug-likeness (QED) is 0.404. The molecule has 30 heavy (non-hydrogen) atoms. The monoisotopic (exact) mass is 414 g/mol. The van der Waals surface area contributed by atoms with Gasteiger partial charge >= 0.3 is 6.01 Å². The van der Waals surface area contributed by atoms with E-state index in [4.69, 9.17) is 9.15 Å². The maximum absolute atomic E-state index is 12.8. The van der Waals surface area contributed by atoms with Crippen molar-refractivity contribution in [3.8, 4) is 11.1 Å². The lowest BCUT2D eigenvalue weighted by Crippen LogP contribution is -2.37. The topological polar surface area (TPSA) is 55.6 Å². The number of aromatic nitrogens is 1. The molecule has 1 saturated heterocycles. The van der Waals surface area contributed by atoms with E-state index < -0.39 is 0 Å². The van der Waals surface area contributed by atoms with Gasteiger partial charge in [0.05, 0.1) is 18.6 Å². The molecule has 0 aliphatic carbocycles. The molecule has 0 radical (unpaired) electrons. The Morgan fingerprint density at radius 2 is 1.57 bits per heavy atom. The van der Waals surface area contributed by atoms with Crippen molar-refractivity contribution in [2.45, 2.75) is 0 Å². The van der Waals surface area contributed by atoms with Gasteiger partial charge in [0.25, 0.3) is 5.56 Å². The molecular formula is C24H18N2O3S. The Hall–Kier alpha value is -3.22. The predicted octanol–water partition coefficient (Wildman–Crippen LogP) is 5.06. The number of benzene rings is 3. The van der Waals surface area contributed by atoms with E-state index in [2.05, 4.69) is 47.4 Å². The minimum Gasteiger partial charge on any atom is -0.424 e. The third-order valence-corrected chi connectivity index (χ3v) is 6.83. The fourth-order valence-corrected chi connectivity index (χ4v) is 5.37. The van der Waals surface area contributed by atoms with E-state index in [1.807, 2.05) is 17.0 Å². The van der Waals surface area contributed by atoms with E-state index in [1.54, 1.807) is 17.4 Å². The Balaban J connectivity index is 1.63. The Morgan fingerprint density at radius 3 is 2.43 bits per heavy atom. The molecule has 1 aliphatic heterocycles. The lowest BCUT2D eigenvalue weighted by molar-refractivity contribution is 0.120. The second-order valence-corrected chi connectivity index (χ2v) is 8.42. The molecule has 0 amide bonds. The summed E-state index contributed by atoms with van der Waals surface area (Å²) in [6.07, 6.45) is 0. The molecule has 0 saturated carbocycles. The third kappa shape index (κ3) is 2.72. The standard InChI is InChI=1S/C24H18N2O3S/c27-23-19-9-3-6-16(21(19)29-24(25-23)26-11-13-28-14-12-26)18-8-4-7-17-15-5-1-2-10-20(15)30-22(17)18/h1-10H,11-14H2. The molecule has 0 N–H and O–H groups in total. The van der Waals surface area contributed by atoms with Gasteiger partial charge < -0.3 is 14.1 Å². The Labute approximate surface area is 176 Å². The van der Waals surface area contributed by atoms with Crippen molar-refractivity contribution in [3.63, 3.8) is 0 Å². The third-order valence-electron chi connectivity index (χ3n) is 5.61. The minimum atomic E-state index is -0.261. The van der Waals surface area contributed by atoms with Crippen LogP contribution in [-0.2, 0) is 4.74 Å². The number of thiophene rings is 1. The summed E-state index contributed by atoms with van der Waals surface area (Å²) < 4.78 is 14.1. The summed E-state index contributed by atoms with van der Waals surface area (Å²) in [5.41, 5.74) is 2.31. The van der Waals surface area contributed by atoms with Crippen LogP contribution in [0.3, 0.4) is 0 Å². The molecule has 6 rings (SSSR count). The van der Waals surface area contributed by atoms with Crippen LogP contribution in [0.5, 0.6) is 0 Å². The first-order chi connectivity index (χ1) is 14.8. The molecular weight excluding hydrogens is 396 g/mol. The first-order valence-corrected chi connectivity index (χ1v) is 10.8. The highest BCUT2D eigenvalue weighted by Crippen LogP contribution is 2.41. The van der Waals surface area contributed by atoms with Crippen LogP contribution >= 0.6 is 11.3 Å². The highest BCUT2D eigenvalue weighted by atomic mass is 32.1. The Morgan fingerprint density at radius 1 is 0.833 bits per heavy atom. The van der Waals surface area contributed by atoms with Gasteiger partial charge in [-0.2, -0.15) is 4.98 Å². The van der Waals surface area contributed by atoms with Crippen molar-refractivity contribution in [2.24, 2.45) is 0 Å². The molecule has 0 atom stereocenters. The first kappa shape index (κ1) is 17.6. The van der Waals surface area contributed by atoms with Crippen LogP contribution in [0.2, 0.25) is 0 Å². The van der Waals surface area contributed by atoms with Crippen LogP contribution in [-0.4, -0.2) is 31.3 Å². The zero-order valence-electron chi connectivity index (χ0n) is 16.1. The van der Waals surface area contributed by atoms with Gasteiger partial charge in [0, 0.05) is 44.4 Å². The molecule has 3 aromatic carbocycles. The number of ether oxygens (including phenoxy) is 1. The van der Waals surface area contributed by atoms with E-state index in [0.717, 1.165) is 11.1 Å². The summed E-state index contributed by atoms with van der Waals surface area (Å²) in [6.45, 7) is 2.53. The lowest BCUT2D eigenvalue weighted by Gasteiger charge is -2.26. The number of hydrogen-bond donors (Lipinski definition) is 0. The number of rotatable bonds is 2. The largest absolute Gasteiger partial charge is 0.424 e. The maximum atomic E-state index is 12.8. The molecule has 5 nitrogen and oxygen atoms in total. The van der Waals surface area contributed by atoms with Gasteiger partial charge in [0.15, 0.2) is 5.58 Å². The SMILES string of the molecule is O=c1nc(N2CCOCC2)oc2c(-c3cccc4c3sc3ccccc34)cccc12. The summed E-state index contributed by atoms with van der Waals surface area (Å²) in [5, 5.41) is 2.97. The van der Waals surface area contributed by atoms with Crippen LogP contribution in [0, 0.1) is 0 Å². The van der Waals surface area contributed by atoms with Crippen LogP contribution < -0.4 is 10.5 Å². The highest BCUT2D eigenvalue weighted by molar-refractivity contribution is 7.26. The van der Waals surface area contributed by atoms with E-state index in [0.29, 0.717) is 43.3 Å². The van der Waals surface area contributed by atoms with Crippen LogP contribution in [0.25, 0.3) is 42.3 Å². The molecule has 5 aromatic rings. The summed E-state index contributed by atoms with van der Waals surface area (Å²) in [7, 11) is 0. The molecule has 0 unspecified atom stereocenters. The Kier molecular flexibility index (Phi) is 4.07. The fraction of sp³-hybridized carbons (Fsp3) is 0.167. The van der Waals surface area contributed by atoms with Crippen molar-refractivity contribution in [2.75, 3.05) is 31.2 Å². The van der Waals surface area contributed by atoms with Crippen molar-refractivity contribution >= 4 is 48.5 Å². The summed E-state index contributed by atoms with van der Waals surface area (Å²) >= 11 is 1.77. The molecule has 0 bridgehead atoms. The van der Waals surface area contributed by atoms with Crippen LogP contribution in [0.1, 0.15) is 0 Å². The fourth-order valence-electron chi connectivity index (χ4n) is 4.14. The average Bonchev–Trinajstić information content (AvgIpc) is 3.18. The van der Waals surface area contributed by atoms with Gasteiger partial charge in [-0.15, -0.1) is 11.3 Å². The van der Waals surface area contributed by atoms with Crippen molar-refractivity contribution in [1.29, 1.82) is 0 Å². The zero-order chi connectivity index (χ0) is 20.1. The van der Waals surface area contributed by atoms with Crippen LogP contribution in [0.4, 0.5) is 6.01 Å². The molecule has 6 heteroatoms. The smallest absolute Gasteiger partial charge is 0.301 e. The van der Waals surface area contributed by atoms with Gasteiger partial charge in [-0.05, 0) is 12.1 Å². The normalized spacial score (nSPS) is 14.7. The molecule has 2 aromatic heterocycles. The average molecular weight is 414 g/mol. The Bertz CT molecular complexity index is 1460. The zero-order valence-corrected chi connectivity index (χ0v) is 16.9. The van der Waals surface area contributed by atoms with Gasteiger partial charge in [0.1, 0.15) is 0 Å². The molecule has 148 valence electrons. The van der Waals surface area contributed by atoms with E-state index in [1.165, 1.54) is 20.2 Å². The predicted molar refractivity (Wildman–Crippen MR) is 122 cm³/mol. The van der Waals surface area contributed by atoms with Crippen molar-refractivity contribution < 1.29 is 9.15 Å². The van der Waals surface area contributed by atoms with Gasteiger partial charge in [-0.1, -0.05) is 48.5 Å². The van der Waals surface area contributed by atoms with Gasteiger partial charge in [-0.25, -0.2) is 0 Å². The van der Waals surface area contributed by atoms with E-state index in [-0.39, 0.29) is 5.56 Å².